The van der Waals surface area contributed by atoms with Crippen LogP contribution < -0.4 is 5.32 Å². The second kappa shape index (κ2) is 5.29. The molecule has 2 aliphatic rings. The number of thioether (sulfide) groups is 1. The maximum Gasteiger partial charge on any atom is 0.410 e. The highest BCUT2D eigenvalue weighted by Gasteiger charge is 2.44. The van der Waals surface area contributed by atoms with Gasteiger partial charge in [-0.3, -0.25) is 0 Å². The minimum absolute atomic E-state index is 0.00810. The van der Waals surface area contributed by atoms with E-state index in [0.717, 1.165) is 44.0 Å². The first-order chi connectivity index (χ1) is 8.43. The molecule has 0 aromatic heterocycles. The number of hydrogen-bond donors (Lipinski definition) is 1. The minimum Gasteiger partial charge on any atom is -0.444 e. The number of nitrogens with zero attached hydrogens (tertiary/aromatic N) is 1. The van der Waals surface area contributed by atoms with E-state index >= 15 is 0 Å². The first-order valence-electron chi connectivity index (χ1n) is 6.72. The quantitative estimate of drug-likeness (QED) is 0.733. The van der Waals surface area contributed by atoms with Crippen molar-refractivity contribution in [3.63, 3.8) is 0 Å². The van der Waals surface area contributed by atoms with Crippen molar-refractivity contribution in [2.45, 2.75) is 44.8 Å². The van der Waals surface area contributed by atoms with Gasteiger partial charge in [0.25, 0.3) is 0 Å². The van der Waals surface area contributed by atoms with Crippen LogP contribution >= 0.6 is 11.8 Å². The van der Waals surface area contributed by atoms with Gasteiger partial charge in [-0.05, 0) is 45.9 Å². The van der Waals surface area contributed by atoms with Crippen LogP contribution in [0.3, 0.4) is 0 Å². The van der Waals surface area contributed by atoms with Crippen LogP contribution in [0.15, 0.2) is 0 Å². The Labute approximate surface area is 114 Å². The highest BCUT2D eigenvalue weighted by molar-refractivity contribution is 7.99. The van der Waals surface area contributed by atoms with Gasteiger partial charge in [0.05, 0.1) is 5.54 Å². The molecule has 2 heterocycles. The fraction of sp³-hybridized carbons (Fsp3) is 0.923. The lowest BCUT2D eigenvalue weighted by atomic mass is 9.93. The Morgan fingerprint density at radius 3 is 2.72 bits per heavy atom. The molecular weight excluding hydrogens is 248 g/mol. The molecule has 2 saturated heterocycles. The lowest BCUT2D eigenvalue weighted by Crippen LogP contribution is -2.54. The third-order valence-electron chi connectivity index (χ3n) is 3.58. The molecule has 1 spiro atoms. The SMILES string of the molecule is CC(C)(C)OC(=O)N1CCSCCC12CCNC2. The molecule has 2 aliphatic heterocycles. The fourth-order valence-corrected chi connectivity index (χ4v) is 3.71. The molecule has 1 atom stereocenters. The normalized spacial score (nSPS) is 29.4. The van der Waals surface area contributed by atoms with Crippen molar-refractivity contribution in [1.82, 2.24) is 10.2 Å². The fourth-order valence-electron chi connectivity index (χ4n) is 2.67. The van der Waals surface area contributed by atoms with Crippen molar-refractivity contribution in [3.05, 3.63) is 0 Å². The molecule has 18 heavy (non-hydrogen) atoms. The molecule has 0 radical (unpaired) electrons. The largest absolute Gasteiger partial charge is 0.444 e. The van der Waals surface area contributed by atoms with E-state index in [4.69, 9.17) is 4.74 Å². The summed E-state index contributed by atoms with van der Waals surface area (Å²) in [4.78, 5) is 14.4. The van der Waals surface area contributed by atoms with Crippen molar-refractivity contribution in [2.75, 3.05) is 31.1 Å². The topological polar surface area (TPSA) is 41.6 Å². The van der Waals surface area contributed by atoms with Crippen molar-refractivity contribution in [1.29, 1.82) is 0 Å². The molecule has 1 unspecified atom stereocenters. The van der Waals surface area contributed by atoms with Gasteiger partial charge >= 0.3 is 6.09 Å². The standard InChI is InChI=1S/C13H24N2O2S/c1-12(2,3)17-11(16)15-7-9-18-8-5-13(15)4-6-14-10-13/h14H,4-10H2,1-3H3. The Morgan fingerprint density at radius 2 is 2.11 bits per heavy atom. The summed E-state index contributed by atoms with van der Waals surface area (Å²) in [5, 5.41) is 3.40. The van der Waals surface area contributed by atoms with Gasteiger partial charge in [0.2, 0.25) is 0 Å². The molecule has 0 saturated carbocycles. The molecule has 1 amide bonds. The zero-order valence-corrected chi connectivity index (χ0v) is 12.4. The van der Waals surface area contributed by atoms with E-state index in [9.17, 15) is 4.79 Å². The number of amides is 1. The molecule has 1 N–H and O–H groups in total. The lowest BCUT2D eigenvalue weighted by Gasteiger charge is -2.39. The number of carbonyl (C=O) groups excluding carboxylic acids is 1. The Kier molecular flexibility index (Phi) is 4.11. The molecule has 104 valence electrons. The molecular formula is C13H24N2O2S. The van der Waals surface area contributed by atoms with Crippen LogP contribution in [-0.2, 0) is 4.74 Å². The first-order valence-corrected chi connectivity index (χ1v) is 7.88. The highest BCUT2D eigenvalue weighted by atomic mass is 32.2. The van der Waals surface area contributed by atoms with Gasteiger partial charge in [-0.15, -0.1) is 0 Å². The van der Waals surface area contributed by atoms with Gasteiger partial charge in [0.15, 0.2) is 0 Å². The van der Waals surface area contributed by atoms with Gasteiger partial charge < -0.3 is 15.0 Å². The van der Waals surface area contributed by atoms with Gasteiger partial charge in [-0.1, -0.05) is 0 Å². The smallest absolute Gasteiger partial charge is 0.410 e. The van der Waals surface area contributed by atoms with E-state index in [1.54, 1.807) is 0 Å². The zero-order valence-electron chi connectivity index (χ0n) is 11.6. The van der Waals surface area contributed by atoms with Crippen LogP contribution in [0.25, 0.3) is 0 Å². The summed E-state index contributed by atoms with van der Waals surface area (Å²) >= 11 is 1.94. The highest BCUT2D eigenvalue weighted by Crippen LogP contribution is 2.32. The van der Waals surface area contributed by atoms with Crippen molar-refractivity contribution >= 4 is 17.9 Å². The van der Waals surface area contributed by atoms with Gasteiger partial charge in [-0.25, -0.2) is 4.79 Å². The third kappa shape index (κ3) is 3.12. The van der Waals surface area contributed by atoms with E-state index in [0.29, 0.717) is 0 Å². The molecule has 0 bridgehead atoms. The van der Waals surface area contributed by atoms with E-state index in [-0.39, 0.29) is 11.6 Å². The monoisotopic (exact) mass is 272 g/mol. The van der Waals surface area contributed by atoms with Crippen LogP contribution in [0, 0.1) is 0 Å². The number of nitrogens with one attached hydrogen (secondary N) is 1. The Hall–Kier alpha value is -0.420. The molecule has 0 aliphatic carbocycles. The van der Waals surface area contributed by atoms with Gasteiger partial charge in [0, 0.05) is 18.8 Å². The van der Waals surface area contributed by atoms with E-state index in [1.165, 1.54) is 0 Å². The minimum atomic E-state index is -0.413. The summed E-state index contributed by atoms with van der Waals surface area (Å²) in [7, 11) is 0. The van der Waals surface area contributed by atoms with Crippen molar-refractivity contribution in [2.24, 2.45) is 0 Å². The van der Waals surface area contributed by atoms with Gasteiger partial charge in [0.1, 0.15) is 5.60 Å². The second-order valence-corrected chi connectivity index (χ2v) is 7.37. The number of ether oxygens (including phenoxy) is 1. The number of hydrogen-bond acceptors (Lipinski definition) is 4. The van der Waals surface area contributed by atoms with Gasteiger partial charge in [-0.2, -0.15) is 11.8 Å². The van der Waals surface area contributed by atoms with Crippen LogP contribution in [0.2, 0.25) is 0 Å². The summed E-state index contributed by atoms with van der Waals surface area (Å²) in [6.07, 6.45) is 1.98. The lowest BCUT2D eigenvalue weighted by molar-refractivity contribution is 0.00190. The molecule has 2 rings (SSSR count). The summed E-state index contributed by atoms with van der Waals surface area (Å²) in [6.45, 7) is 8.50. The van der Waals surface area contributed by atoms with Crippen molar-refractivity contribution < 1.29 is 9.53 Å². The van der Waals surface area contributed by atoms with Crippen LogP contribution in [0.1, 0.15) is 33.6 Å². The average Bonchev–Trinajstić information content (AvgIpc) is 2.58. The second-order valence-electron chi connectivity index (χ2n) is 6.15. The Balaban J connectivity index is 2.13. The molecule has 4 nitrogen and oxygen atoms in total. The molecule has 0 aromatic rings. The maximum atomic E-state index is 12.4. The number of rotatable bonds is 0. The van der Waals surface area contributed by atoms with E-state index in [2.05, 4.69) is 5.32 Å². The summed E-state index contributed by atoms with van der Waals surface area (Å²) < 4.78 is 5.57. The Bertz CT molecular complexity index is 309. The molecule has 0 aromatic carbocycles. The van der Waals surface area contributed by atoms with E-state index in [1.807, 2.05) is 37.4 Å². The summed E-state index contributed by atoms with van der Waals surface area (Å²) in [5.74, 6) is 2.15. The van der Waals surface area contributed by atoms with E-state index < -0.39 is 5.60 Å². The van der Waals surface area contributed by atoms with Crippen LogP contribution in [-0.4, -0.2) is 53.3 Å². The van der Waals surface area contributed by atoms with Crippen LogP contribution in [0.5, 0.6) is 0 Å². The predicted molar refractivity (Wildman–Crippen MR) is 75.1 cm³/mol. The maximum absolute atomic E-state index is 12.4. The number of carbonyl (C=O) groups is 1. The Morgan fingerprint density at radius 1 is 1.33 bits per heavy atom. The molecule has 2 fully saturated rings. The third-order valence-corrected chi connectivity index (χ3v) is 4.54. The summed E-state index contributed by atoms with van der Waals surface area (Å²) in [6, 6.07) is 0. The van der Waals surface area contributed by atoms with Crippen LogP contribution in [0.4, 0.5) is 4.79 Å². The first kappa shape index (κ1) is 14.0. The average molecular weight is 272 g/mol. The predicted octanol–water partition coefficient (Wildman–Crippen LogP) is 2.09. The van der Waals surface area contributed by atoms with Crippen molar-refractivity contribution in [3.8, 4) is 0 Å². The summed E-state index contributed by atoms with van der Waals surface area (Å²) in [5.41, 5.74) is -0.421. The molecule has 5 heteroatoms. The zero-order chi connectivity index (χ0) is 13.2.